The fraction of sp³-hybridized carbons (Fsp3) is 0.0208. The van der Waals surface area contributed by atoms with Crippen LogP contribution in [0.25, 0.3) is 65.3 Å². The lowest BCUT2D eigenvalue weighted by Gasteiger charge is -2.33. The average Bonchev–Trinajstić information content (AvgIpc) is 3.20. The van der Waals surface area contributed by atoms with Crippen LogP contribution in [-0.4, -0.2) is 0 Å². The van der Waals surface area contributed by atoms with Crippen LogP contribution in [0.1, 0.15) is 28.2 Å². The molecule has 0 spiro atoms. The molecule has 1 aliphatic heterocycles. The van der Waals surface area contributed by atoms with E-state index in [1.165, 1.54) is 80.7 Å². The molecule has 0 saturated carbocycles. The molecule has 50 heavy (non-hydrogen) atoms. The molecule has 1 nitrogen and oxygen atoms in total. The first-order chi connectivity index (χ1) is 24.8. The monoisotopic (exact) mass is 651 g/mol. The molecule has 0 aliphatic carbocycles. The van der Waals surface area contributed by atoms with Crippen LogP contribution < -0.4 is 0 Å². The van der Waals surface area contributed by atoms with Gasteiger partial charge >= 0.3 is 0 Å². The van der Waals surface area contributed by atoms with Gasteiger partial charge in [0.2, 0.25) is 0 Å². The third kappa shape index (κ3) is 4.41. The third-order valence-electron chi connectivity index (χ3n) is 10.4. The Morgan fingerprint density at radius 1 is 0.360 bits per heavy atom. The minimum absolute atomic E-state index is 0.0538. The topological polar surface area (TPSA) is 23.8 Å². The molecule has 0 aromatic heterocycles. The van der Waals surface area contributed by atoms with Gasteiger partial charge in [-0.05, 0) is 94.2 Å². The second-order valence-corrected chi connectivity index (χ2v) is 14.1. The van der Waals surface area contributed by atoms with Crippen molar-refractivity contribution in [1.82, 2.24) is 0 Å². The quantitative estimate of drug-likeness (QED) is 0.178. The molecular formula is C48H29NS. The highest BCUT2D eigenvalue weighted by atomic mass is 32.2. The van der Waals surface area contributed by atoms with Crippen molar-refractivity contribution in [1.29, 1.82) is 5.26 Å². The predicted octanol–water partition coefficient (Wildman–Crippen LogP) is 13.1. The van der Waals surface area contributed by atoms with Gasteiger partial charge in [0.05, 0.1) is 11.6 Å². The predicted molar refractivity (Wildman–Crippen MR) is 210 cm³/mol. The normalized spacial score (nSPS) is 12.6. The Labute approximate surface area is 295 Å². The maximum Gasteiger partial charge on any atom is 0.0991 e. The highest BCUT2D eigenvalue weighted by Crippen LogP contribution is 2.57. The Bertz CT molecular complexity index is 2700. The molecule has 232 valence electrons. The van der Waals surface area contributed by atoms with Crippen LogP contribution in [0.2, 0.25) is 0 Å². The summed E-state index contributed by atoms with van der Waals surface area (Å²) in [6, 6.07) is 63.8. The Kier molecular flexibility index (Phi) is 6.62. The van der Waals surface area contributed by atoms with Crippen LogP contribution in [0, 0.1) is 11.3 Å². The van der Waals surface area contributed by atoms with Crippen LogP contribution in [-0.2, 0) is 0 Å². The molecule has 10 rings (SSSR count). The second kappa shape index (κ2) is 11.5. The van der Waals surface area contributed by atoms with Crippen LogP contribution in [0.5, 0.6) is 0 Å². The largest absolute Gasteiger partial charge is 0.192 e. The molecule has 9 aromatic rings. The molecule has 0 N–H and O–H groups in total. The first kappa shape index (κ1) is 28.8. The lowest BCUT2D eigenvalue weighted by Crippen LogP contribution is -2.12. The number of hydrogen-bond acceptors (Lipinski definition) is 2. The van der Waals surface area contributed by atoms with Crippen molar-refractivity contribution in [2.75, 3.05) is 0 Å². The highest BCUT2D eigenvalue weighted by molar-refractivity contribution is 8.00. The van der Waals surface area contributed by atoms with Gasteiger partial charge in [0.25, 0.3) is 0 Å². The molecular weight excluding hydrogens is 623 g/mol. The van der Waals surface area contributed by atoms with Gasteiger partial charge in [-0.2, -0.15) is 5.26 Å². The summed E-state index contributed by atoms with van der Waals surface area (Å²) < 4.78 is 0. The summed E-state index contributed by atoms with van der Waals surface area (Å²) in [5.74, 6) is 0.0538. The van der Waals surface area contributed by atoms with Crippen LogP contribution in [0.3, 0.4) is 0 Å². The summed E-state index contributed by atoms with van der Waals surface area (Å²) in [7, 11) is 0. The van der Waals surface area contributed by atoms with E-state index in [-0.39, 0.29) is 5.92 Å². The van der Waals surface area contributed by atoms with Crippen molar-refractivity contribution < 1.29 is 0 Å². The highest BCUT2D eigenvalue weighted by Gasteiger charge is 2.34. The van der Waals surface area contributed by atoms with Gasteiger partial charge in [0.1, 0.15) is 0 Å². The van der Waals surface area contributed by atoms with Gasteiger partial charge < -0.3 is 0 Å². The summed E-state index contributed by atoms with van der Waals surface area (Å²) >= 11 is 1.96. The van der Waals surface area contributed by atoms with E-state index >= 15 is 0 Å². The summed E-state index contributed by atoms with van der Waals surface area (Å²) in [6.07, 6.45) is 0. The summed E-state index contributed by atoms with van der Waals surface area (Å²) in [6.45, 7) is 0. The first-order valence-corrected chi connectivity index (χ1v) is 17.8. The molecule has 1 heterocycles. The van der Waals surface area contributed by atoms with E-state index in [1.807, 2.05) is 36.0 Å². The molecule has 0 saturated heterocycles. The van der Waals surface area contributed by atoms with E-state index in [9.17, 15) is 5.26 Å². The molecule has 0 unspecified atom stereocenters. The van der Waals surface area contributed by atoms with E-state index in [1.54, 1.807) is 0 Å². The van der Waals surface area contributed by atoms with Gasteiger partial charge in [-0.1, -0.05) is 169 Å². The third-order valence-corrected chi connectivity index (χ3v) is 11.7. The lowest BCUT2D eigenvalue weighted by atomic mass is 9.78. The Morgan fingerprint density at radius 2 is 0.680 bits per heavy atom. The zero-order valence-electron chi connectivity index (χ0n) is 27.1. The maximum absolute atomic E-state index is 9.19. The standard InChI is InChI=1S/C48H29NS/c49-29-30-17-19-31(20-18-30)32-21-23-33(24-22-32)34-25-27-35(28-26-34)44-45-40-13-5-1-9-36(40)38-11-3-7-15-42(38)47(45)50-48-43-16-8-4-12-39(43)37-10-2-6-14-41(37)46(44)48/h1-28,44H. The van der Waals surface area contributed by atoms with Crippen molar-refractivity contribution >= 4 is 54.9 Å². The van der Waals surface area contributed by atoms with E-state index in [4.69, 9.17) is 0 Å². The molecule has 9 aromatic carbocycles. The fourth-order valence-electron chi connectivity index (χ4n) is 8.11. The second-order valence-electron chi connectivity index (χ2n) is 13.1. The van der Waals surface area contributed by atoms with Crippen molar-refractivity contribution in [3.63, 3.8) is 0 Å². The molecule has 0 radical (unpaired) electrons. The summed E-state index contributed by atoms with van der Waals surface area (Å²) in [5, 5.41) is 19.7. The Balaban J connectivity index is 1.19. The van der Waals surface area contributed by atoms with Crippen molar-refractivity contribution in [3.8, 4) is 28.3 Å². The van der Waals surface area contributed by atoms with Crippen molar-refractivity contribution in [3.05, 3.63) is 192 Å². The molecule has 0 bridgehead atoms. The molecule has 0 amide bonds. The molecule has 2 heteroatoms. The fourth-order valence-corrected chi connectivity index (χ4v) is 9.56. The summed E-state index contributed by atoms with van der Waals surface area (Å²) in [4.78, 5) is 2.72. The van der Waals surface area contributed by atoms with Gasteiger partial charge in [-0.25, -0.2) is 0 Å². The number of hydrogen-bond donors (Lipinski definition) is 0. The van der Waals surface area contributed by atoms with E-state index in [2.05, 4.69) is 152 Å². The van der Waals surface area contributed by atoms with E-state index in [0.717, 1.165) is 11.1 Å². The SMILES string of the molecule is N#Cc1ccc(-c2ccc(-c3ccc(C4c5c(c6ccccc6c6ccccc56)Sc5c4c4ccccc4c4ccccc54)cc3)cc2)cc1. The molecule has 0 atom stereocenters. The van der Waals surface area contributed by atoms with Crippen LogP contribution in [0.4, 0.5) is 0 Å². The number of rotatable bonds is 3. The van der Waals surface area contributed by atoms with Gasteiger partial charge in [0, 0.05) is 15.7 Å². The number of fused-ring (bicyclic) bond motifs is 12. The smallest absolute Gasteiger partial charge is 0.0991 e. The van der Waals surface area contributed by atoms with Crippen LogP contribution >= 0.6 is 11.8 Å². The van der Waals surface area contributed by atoms with Crippen molar-refractivity contribution in [2.24, 2.45) is 0 Å². The summed E-state index contributed by atoms with van der Waals surface area (Å²) in [5.41, 5.74) is 9.40. The number of benzene rings is 9. The van der Waals surface area contributed by atoms with E-state index < -0.39 is 0 Å². The zero-order chi connectivity index (χ0) is 33.2. The number of nitrogens with zero attached hydrogens (tertiary/aromatic N) is 1. The van der Waals surface area contributed by atoms with Crippen molar-refractivity contribution in [2.45, 2.75) is 15.7 Å². The van der Waals surface area contributed by atoms with Gasteiger partial charge in [0.15, 0.2) is 0 Å². The minimum Gasteiger partial charge on any atom is -0.192 e. The van der Waals surface area contributed by atoms with Gasteiger partial charge in [-0.3, -0.25) is 0 Å². The zero-order valence-corrected chi connectivity index (χ0v) is 27.9. The Hall–Kier alpha value is -6.14. The molecule has 0 fully saturated rings. The lowest BCUT2D eigenvalue weighted by molar-refractivity contribution is 0.938. The molecule has 1 aliphatic rings. The number of nitriles is 1. The first-order valence-electron chi connectivity index (χ1n) is 17.0. The Morgan fingerprint density at radius 3 is 1.08 bits per heavy atom. The van der Waals surface area contributed by atoms with Gasteiger partial charge in [-0.15, -0.1) is 0 Å². The van der Waals surface area contributed by atoms with E-state index in [0.29, 0.717) is 5.56 Å². The van der Waals surface area contributed by atoms with Crippen LogP contribution in [0.15, 0.2) is 180 Å². The maximum atomic E-state index is 9.19. The minimum atomic E-state index is 0.0538. The average molecular weight is 652 g/mol.